The van der Waals surface area contributed by atoms with Gasteiger partial charge in [-0.1, -0.05) is 0 Å². The number of nitrogens with one attached hydrogen (secondary N) is 1. The van der Waals surface area contributed by atoms with Gasteiger partial charge in [-0.2, -0.15) is 4.98 Å². The van der Waals surface area contributed by atoms with Gasteiger partial charge < -0.3 is 24.4 Å². The standard InChI is InChI=1S/C25H33F2N7O4/c1-5-33-16(2)19-14-18(20(36-4)15-29-19)21-31-23(22-28-9-10-34(22)32-21)38-13-12-37-11-7-17(30-24(33)35)6-8-25(3,26)27/h9-10,14-17H,5-8,11-13H2,1-4H3,(H,30,35)/t16-,17+/m1/s1. The van der Waals surface area contributed by atoms with E-state index in [4.69, 9.17) is 14.2 Å². The van der Waals surface area contributed by atoms with Gasteiger partial charge in [-0.25, -0.2) is 23.1 Å². The lowest BCUT2D eigenvalue weighted by atomic mass is 10.1. The molecule has 0 saturated heterocycles. The summed E-state index contributed by atoms with van der Waals surface area (Å²) >= 11 is 0. The monoisotopic (exact) mass is 533 g/mol. The Hall–Kier alpha value is -3.61. The van der Waals surface area contributed by atoms with Gasteiger partial charge in [0.25, 0.3) is 5.88 Å². The van der Waals surface area contributed by atoms with Crippen LogP contribution in [0.15, 0.2) is 24.7 Å². The first kappa shape index (κ1) is 27.4. The molecule has 13 heteroatoms. The maximum absolute atomic E-state index is 13.6. The van der Waals surface area contributed by atoms with E-state index < -0.39 is 18.0 Å². The van der Waals surface area contributed by atoms with Crippen molar-refractivity contribution < 1.29 is 27.8 Å². The Balaban J connectivity index is 1.72. The molecule has 2 atom stereocenters. The summed E-state index contributed by atoms with van der Waals surface area (Å²) in [5, 5.41) is 7.49. The van der Waals surface area contributed by atoms with Crippen molar-refractivity contribution in [3.8, 4) is 23.0 Å². The summed E-state index contributed by atoms with van der Waals surface area (Å²) in [4.78, 5) is 28.3. The lowest BCUT2D eigenvalue weighted by Crippen LogP contribution is -2.46. The molecule has 0 aliphatic carbocycles. The number of rotatable bonds is 5. The van der Waals surface area contributed by atoms with Crippen molar-refractivity contribution in [2.24, 2.45) is 0 Å². The average molecular weight is 534 g/mol. The number of imidazole rings is 1. The van der Waals surface area contributed by atoms with Gasteiger partial charge in [-0.05, 0) is 39.7 Å². The van der Waals surface area contributed by atoms with Crippen LogP contribution in [-0.4, -0.2) is 80.9 Å². The molecular formula is C25H33F2N7O4. The maximum atomic E-state index is 13.6. The van der Waals surface area contributed by atoms with E-state index in [0.29, 0.717) is 41.4 Å². The molecule has 4 heterocycles. The molecule has 38 heavy (non-hydrogen) atoms. The third-order valence-electron chi connectivity index (χ3n) is 6.41. The van der Waals surface area contributed by atoms with Crippen LogP contribution in [0.4, 0.5) is 13.6 Å². The highest BCUT2D eigenvalue weighted by atomic mass is 19.3. The number of methoxy groups -OCH3 is 1. The van der Waals surface area contributed by atoms with Crippen LogP contribution >= 0.6 is 0 Å². The number of aromatic nitrogens is 5. The summed E-state index contributed by atoms with van der Waals surface area (Å²) in [6.07, 6.45) is 4.99. The summed E-state index contributed by atoms with van der Waals surface area (Å²) < 4.78 is 45.9. The molecule has 1 aliphatic heterocycles. The van der Waals surface area contributed by atoms with E-state index in [-0.39, 0.29) is 44.6 Å². The minimum atomic E-state index is -2.83. The van der Waals surface area contributed by atoms with E-state index in [1.807, 2.05) is 13.8 Å². The van der Waals surface area contributed by atoms with E-state index in [1.54, 1.807) is 34.1 Å². The first-order valence-corrected chi connectivity index (χ1v) is 12.6. The lowest BCUT2D eigenvalue weighted by Gasteiger charge is -2.31. The molecule has 206 valence electrons. The van der Waals surface area contributed by atoms with Gasteiger partial charge in [0.05, 0.1) is 37.2 Å². The minimum absolute atomic E-state index is 0.116. The van der Waals surface area contributed by atoms with Crippen molar-refractivity contribution in [1.82, 2.24) is 34.8 Å². The van der Waals surface area contributed by atoms with Crippen molar-refractivity contribution in [2.75, 3.05) is 33.5 Å². The van der Waals surface area contributed by atoms with E-state index in [1.165, 1.54) is 7.11 Å². The molecule has 3 aromatic heterocycles. The van der Waals surface area contributed by atoms with E-state index >= 15 is 0 Å². The number of carbonyl (C=O) groups excluding carboxylic acids is 1. The molecule has 3 aromatic rings. The molecule has 0 unspecified atom stereocenters. The third-order valence-corrected chi connectivity index (χ3v) is 6.41. The largest absolute Gasteiger partial charge is 0.494 e. The topological polar surface area (TPSA) is 116 Å². The van der Waals surface area contributed by atoms with Gasteiger partial charge in [0.1, 0.15) is 12.4 Å². The number of pyridine rings is 1. The molecule has 0 saturated carbocycles. The van der Waals surface area contributed by atoms with Crippen LogP contribution in [0.2, 0.25) is 0 Å². The molecule has 0 radical (unpaired) electrons. The predicted octanol–water partition coefficient (Wildman–Crippen LogP) is 3.89. The van der Waals surface area contributed by atoms with Crippen LogP contribution in [0.3, 0.4) is 0 Å². The number of nitrogens with zero attached hydrogens (tertiary/aromatic N) is 6. The van der Waals surface area contributed by atoms with Gasteiger partial charge >= 0.3 is 6.03 Å². The highest BCUT2D eigenvalue weighted by Crippen LogP contribution is 2.32. The second-order valence-electron chi connectivity index (χ2n) is 9.21. The number of carbonyl (C=O) groups is 1. The summed E-state index contributed by atoms with van der Waals surface area (Å²) in [5.41, 5.74) is 1.59. The van der Waals surface area contributed by atoms with Crippen LogP contribution in [-0.2, 0) is 4.74 Å². The zero-order valence-corrected chi connectivity index (χ0v) is 22.0. The van der Waals surface area contributed by atoms with Gasteiger partial charge in [0.2, 0.25) is 11.6 Å². The Morgan fingerprint density at radius 3 is 2.82 bits per heavy atom. The minimum Gasteiger partial charge on any atom is -0.494 e. The predicted molar refractivity (Wildman–Crippen MR) is 134 cm³/mol. The van der Waals surface area contributed by atoms with Gasteiger partial charge in [-0.15, -0.1) is 5.10 Å². The number of fused-ring (bicyclic) bond motifs is 7. The lowest BCUT2D eigenvalue weighted by molar-refractivity contribution is 0.00682. The van der Waals surface area contributed by atoms with Crippen molar-refractivity contribution in [3.05, 3.63) is 30.4 Å². The molecular weight excluding hydrogens is 500 g/mol. The van der Waals surface area contributed by atoms with Gasteiger partial charge in [0, 0.05) is 38.0 Å². The molecule has 4 bridgehead atoms. The number of urea groups is 1. The number of amides is 2. The van der Waals surface area contributed by atoms with Crippen LogP contribution < -0.4 is 14.8 Å². The fourth-order valence-electron chi connectivity index (χ4n) is 4.29. The normalized spacial score (nSPS) is 19.5. The van der Waals surface area contributed by atoms with Crippen molar-refractivity contribution in [2.45, 2.75) is 58.0 Å². The van der Waals surface area contributed by atoms with Gasteiger partial charge in [0.15, 0.2) is 5.82 Å². The third kappa shape index (κ3) is 6.44. The summed E-state index contributed by atoms with van der Waals surface area (Å²) in [7, 11) is 1.52. The number of alkyl halides is 2. The van der Waals surface area contributed by atoms with Crippen molar-refractivity contribution >= 4 is 11.7 Å². The molecule has 0 fully saturated rings. The highest BCUT2D eigenvalue weighted by molar-refractivity contribution is 5.75. The first-order chi connectivity index (χ1) is 18.2. The van der Waals surface area contributed by atoms with Crippen molar-refractivity contribution in [3.63, 3.8) is 0 Å². The Labute approximate surface area is 219 Å². The van der Waals surface area contributed by atoms with Gasteiger partial charge in [-0.3, -0.25) is 4.98 Å². The summed E-state index contributed by atoms with van der Waals surface area (Å²) in [5.74, 6) is -1.78. The molecule has 0 spiro atoms. The number of hydrogen-bond donors (Lipinski definition) is 1. The Kier molecular flexibility index (Phi) is 8.55. The van der Waals surface area contributed by atoms with E-state index in [9.17, 15) is 13.6 Å². The molecule has 0 aromatic carbocycles. The quantitative estimate of drug-likeness (QED) is 0.525. The van der Waals surface area contributed by atoms with Crippen LogP contribution in [0.5, 0.6) is 11.6 Å². The fourth-order valence-corrected chi connectivity index (χ4v) is 4.29. The summed E-state index contributed by atoms with van der Waals surface area (Å²) in [6, 6.07) is 0.473. The first-order valence-electron chi connectivity index (χ1n) is 12.6. The maximum Gasteiger partial charge on any atom is 0.318 e. The van der Waals surface area contributed by atoms with E-state index in [2.05, 4.69) is 25.4 Å². The second kappa shape index (κ2) is 11.8. The Morgan fingerprint density at radius 2 is 2.08 bits per heavy atom. The number of ether oxygens (including phenoxy) is 3. The molecule has 1 aliphatic rings. The average Bonchev–Trinajstić information content (AvgIpc) is 3.37. The molecule has 11 nitrogen and oxygen atoms in total. The Morgan fingerprint density at radius 1 is 1.26 bits per heavy atom. The fraction of sp³-hybridized carbons (Fsp3) is 0.560. The SMILES string of the molecule is CCN1C(=O)N[C@@H](CCC(C)(F)F)CCOCCOc2nc(nn3ccnc23)-c2cc(ncc2OC)[C@H]1C. The smallest absolute Gasteiger partial charge is 0.318 e. The highest BCUT2D eigenvalue weighted by Gasteiger charge is 2.28. The van der Waals surface area contributed by atoms with Crippen molar-refractivity contribution in [1.29, 1.82) is 0 Å². The number of hydrogen-bond acceptors (Lipinski definition) is 8. The zero-order valence-electron chi connectivity index (χ0n) is 22.0. The van der Waals surface area contributed by atoms with E-state index in [0.717, 1.165) is 6.92 Å². The molecule has 1 N–H and O–H groups in total. The zero-order chi connectivity index (χ0) is 27.3. The summed E-state index contributed by atoms with van der Waals surface area (Å²) in [6.45, 7) is 5.63. The van der Waals surface area contributed by atoms with Crippen LogP contribution in [0.1, 0.15) is 51.8 Å². The Bertz CT molecular complexity index is 1250. The second-order valence-corrected chi connectivity index (χ2v) is 9.21. The van der Waals surface area contributed by atoms with Crippen LogP contribution in [0, 0.1) is 0 Å². The van der Waals surface area contributed by atoms with Crippen LogP contribution in [0.25, 0.3) is 17.0 Å². The molecule has 2 amide bonds. The number of halogens is 2. The molecule has 4 rings (SSSR count).